The van der Waals surface area contributed by atoms with Gasteiger partial charge >= 0.3 is 0 Å². The van der Waals surface area contributed by atoms with Crippen molar-refractivity contribution >= 4 is 38.5 Å². The Kier molecular flexibility index (Phi) is 4.43. The molecule has 0 saturated heterocycles. The smallest absolute Gasteiger partial charge is 0.286 e. The van der Waals surface area contributed by atoms with Crippen LogP contribution in [0.1, 0.15) is 20.8 Å². The molecule has 1 heterocycles. The molecule has 3 aromatic rings. The first-order chi connectivity index (χ1) is 11.5. The molecule has 0 atom stereocenters. The highest BCUT2D eigenvalue weighted by Crippen LogP contribution is 2.11. The normalized spacial score (nSPS) is 10.4. The van der Waals surface area contributed by atoms with Gasteiger partial charge in [-0.15, -0.1) is 0 Å². The number of aromatic amines is 1. The number of hydrogen-bond donors (Lipinski definition) is 3. The van der Waals surface area contributed by atoms with E-state index < -0.39 is 11.8 Å². The van der Waals surface area contributed by atoms with E-state index in [4.69, 9.17) is 0 Å². The monoisotopic (exact) mass is 385 g/mol. The molecule has 0 aliphatic rings. The van der Waals surface area contributed by atoms with Crippen LogP contribution in [0.4, 0.5) is 0 Å². The Morgan fingerprint density at radius 3 is 2.33 bits per heavy atom. The standard InChI is InChI=1S/C17H12BrN3O3/c18-12-7-5-10(6-8-12)15(22)20-21-17(24)14-9-11-3-1-2-4-13(11)16(23)19-14/h1-9H,(H,19,23)(H,20,22)(H,21,24). The molecule has 6 nitrogen and oxygen atoms in total. The molecule has 2 aromatic carbocycles. The van der Waals surface area contributed by atoms with Gasteiger partial charge in [0.1, 0.15) is 5.69 Å². The zero-order valence-electron chi connectivity index (χ0n) is 12.3. The van der Waals surface area contributed by atoms with Crippen LogP contribution in [-0.2, 0) is 0 Å². The Hall–Kier alpha value is -2.93. The van der Waals surface area contributed by atoms with E-state index in [9.17, 15) is 14.4 Å². The number of amides is 2. The van der Waals surface area contributed by atoms with Gasteiger partial charge in [-0.3, -0.25) is 25.2 Å². The molecule has 0 aliphatic carbocycles. The van der Waals surface area contributed by atoms with E-state index in [1.165, 1.54) is 0 Å². The third-order valence-corrected chi connectivity index (χ3v) is 3.92. The molecule has 0 saturated carbocycles. The van der Waals surface area contributed by atoms with Crippen LogP contribution in [0, 0.1) is 0 Å². The number of aromatic nitrogens is 1. The highest BCUT2D eigenvalue weighted by Gasteiger charge is 2.11. The highest BCUT2D eigenvalue weighted by atomic mass is 79.9. The lowest BCUT2D eigenvalue weighted by Gasteiger charge is -2.08. The molecule has 7 heteroatoms. The summed E-state index contributed by atoms with van der Waals surface area (Å²) in [5.41, 5.74) is 4.69. The molecule has 1 aromatic heterocycles. The van der Waals surface area contributed by atoms with Crippen molar-refractivity contribution in [3.8, 4) is 0 Å². The molecule has 120 valence electrons. The van der Waals surface area contributed by atoms with Gasteiger partial charge in [0.25, 0.3) is 17.4 Å². The van der Waals surface area contributed by atoms with Gasteiger partial charge in [-0.05, 0) is 41.8 Å². The number of hydrogen-bond acceptors (Lipinski definition) is 3. The van der Waals surface area contributed by atoms with E-state index in [0.717, 1.165) is 4.47 Å². The lowest BCUT2D eigenvalue weighted by molar-refractivity contribution is 0.0844. The van der Waals surface area contributed by atoms with Crippen LogP contribution in [-0.4, -0.2) is 16.8 Å². The summed E-state index contributed by atoms with van der Waals surface area (Å²) < 4.78 is 0.844. The van der Waals surface area contributed by atoms with Crippen LogP contribution in [0.2, 0.25) is 0 Å². The summed E-state index contributed by atoms with van der Waals surface area (Å²) in [5, 5.41) is 1.14. The Morgan fingerprint density at radius 1 is 0.917 bits per heavy atom. The summed E-state index contributed by atoms with van der Waals surface area (Å²) in [6.07, 6.45) is 0. The van der Waals surface area contributed by atoms with Crippen LogP contribution in [0.3, 0.4) is 0 Å². The third-order valence-electron chi connectivity index (χ3n) is 3.39. The van der Waals surface area contributed by atoms with Crippen LogP contribution in [0.15, 0.2) is 63.9 Å². The molecule has 2 amide bonds. The van der Waals surface area contributed by atoms with Crippen molar-refractivity contribution < 1.29 is 9.59 Å². The maximum Gasteiger partial charge on any atom is 0.286 e. The van der Waals surface area contributed by atoms with Crippen LogP contribution < -0.4 is 16.4 Å². The van der Waals surface area contributed by atoms with Gasteiger partial charge in [-0.2, -0.15) is 0 Å². The van der Waals surface area contributed by atoms with Crippen molar-refractivity contribution in [3.63, 3.8) is 0 Å². The van der Waals surface area contributed by atoms with Gasteiger partial charge in [0.15, 0.2) is 0 Å². The van der Waals surface area contributed by atoms with Gasteiger partial charge in [0.2, 0.25) is 0 Å². The summed E-state index contributed by atoms with van der Waals surface area (Å²) in [6, 6.07) is 15.2. The molecule has 3 rings (SSSR count). The van der Waals surface area contributed by atoms with Gasteiger partial charge < -0.3 is 4.98 Å². The average Bonchev–Trinajstić information content (AvgIpc) is 2.60. The minimum absolute atomic E-state index is 0.0646. The van der Waals surface area contributed by atoms with Gasteiger partial charge in [0.05, 0.1) is 0 Å². The fraction of sp³-hybridized carbons (Fsp3) is 0. The number of nitrogens with one attached hydrogen (secondary N) is 3. The Labute approximate surface area is 145 Å². The van der Waals surface area contributed by atoms with E-state index in [0.29, 0.717) is 16.3 Å². The minimum Gasteiger partial charge on any atom is -0.317 e. The van der Waals surface area contributed by atoms with Crippen molar-refractivity contribution in [2.45, 2.75) is 0 Å². The lowest BCUT2D eigenvalue weighted by Crippen LogP contribution is -2.42. The maximum absolute atomic E-state index is 12.1. The molecule has 0 spiro atoms. The second-order valence-corrected chi connectivity index (χ2v) is 5.93. The van der Waals surface area contributed by atoms with E-state index >= 15 is 0 Å². The minimum atomic E-state index is -0.608. The first-order valence-corrected chi connectivity index (χ1v) is 7.82. The molecule has 0 bridgehead atoms. The van der Waals surface area contributed by atoms with Crippen LogP contribution >= 0.6 is 15.9 Å². The van der Waals surface area contributed by atoms with Crippen LogP contribution in [0.5, 0.6) is 0 Å². The van der Waals surface area contributed by atoms with E-state index in [1.807, 2.05) is 0 Å². The Bertz CT molecular complexity index is 980. The topological polar surface area (TPSA) is 91.1 Å². The fourth-order valence-electron chi connectivity index (χ4n) is 2.19. The van der Waals surface area contributed by atoms with Crippen LogP contribution in [0.25, 0.3) is 10.8 Å². The number of carbonyl (C=O) groups excluding carboxylic acids is 2. The Balaban J connectivity index is 1.74. The van der Waals surface area contributed by atoms with Crippen molar-refractivity contribution in [2.75, 3.05) is 0 Å². The number of fused-ring (bicyclic) bond motifs is 1. The quantitative estimate of drug-likeness (QED) is 0.591. The second kappa shape index (κ2) is 6.67. The average molecular weight is 386 g/mol. The predicted octanol–water partition coefficient (Wildman–Crippen LogP) is 2.37. The van der Waals surface area contributed by atoms with E-state index in [1.54, 1.807) is 54.6 Å². The number of halogens is 1. The molecule has 0 radical (unpaired) electrons. The molecular weight excluding hydrogens is 374 g/mol. The number of carbonyl (C=O) groups is 2. The van der Waals surface area contributed by atoms with Gasteiger partial charge in [0, 0.05) is 15.4 Å². The highest BCUT2D eigenvalue weighted by molar-refractivity contribution is 9.10. The van der Waals surface area contributed by atoms with E-state index in [-0.39, 0.29) is 11.3 Å². The summed E-state index contributed by atoms with van der Waals surface area (Å²) in [6.45, 7) is 0. The van der Waals surface area contributed by atoms with Crippen molar-refractivity contribution in [2.24, 2.45) is 0 Å². The zero-order valence-corrected chi connectivity index (χ0v) is 13.9. The number of pyridine rings is 1. The summed E-state index contributed by atoms with van der Waals surface area (Å²) in [4.78, 5) is 38.5. The predicted molar refractivity (Wildman–Crippen MR) is 93.6 cm³/mol. The largest absolute Gasteiger partial charge is 0.317 e. The molecule has 3 N–H and O–H groups in total. The SMILES string of the molecule is O=C(NNC(=O)c1cc2ccccc2c(=O)[nH]1)c1ccc(Br)cc1. The van der Waals surface area contributed by atoms with Crippen molar-refractivity contribution in [1.29, 1.82) is 0 Å². The summed E-state index contributed by atoms with van der Waals surface area (Å²) in [7, 11) is 0. The molecule has 0 aliphatic heterocycles. The number of H-pyrrole nitrogens is 1. The molecule has 0 fully saturated rings. The summed E-state index contributed by atoms with van der Waals surface area (Å²) in [5.74, 6) is -1.07. The third kappa shape index (κ3) is 3.36. The first-order valence-electron chi connectivity index (χ1n) is 7.03. The fourth-order valence-corrected chi connectivity index (χ4v) is 2.45. The van der Waals surface area contributed by atoms with Crippen molar-refractivity contribution in [3.05, 3.63) is 80.7 Å². The molecule has 0 unspecified atom stereocenters. The maximum atomic E-state index is 12.1. The first kappa shape index (κ1) is 15.9. The number of rotatable bonds is 2. The zero-order chi connectivity index (χ0) is 17.1. The van der Waals surface area contributed by atoms with E-state index in [2.05, 4.69) is 31.8 Å². The number of benzene rings is 2. The Morgan fingerprint density at radius 2 is 1.58 bits per heavy atom. The summed E-state index contributed by atoms with van der Waals surface area (Å²) >= 11 is 3.28. The molecule has 24 heavy (non-hydrogen) atoms. The van der Waals surface area contributed by atoms with Crippen molar-refractivity contribution in [1.82, 2.24) is 15.8 Å². The number of hydrazine groups is 1. The second-order valence-electron chi connectivity index (χ2n) is 5.01. The lowest BCUT2D eigenvalue weighted by atomic mass is 10.1. The van der Waals surface area contributed by atoms with Gasteiger partial charge in [-0.25, -0.2) is 0 Å². The van der Waals surface area contributed by atoms with Gasteiger partial charge in [-0.1, -0.05) is 34.1 Å². The molecular formula is C17H12BrN3O3.